The molecule has 3 rings (SSSR count). The number of aliphatic hydroxyl groups excluding tert-OH is 1. The average Bonchev–Trinajstić information content (AvgIpc) is 2.70. The third-order valence-electron chi connectivity index (χ3n) is 4.17. The van der Waals surface area contributed by atoms with Crippen molar-refractivity contribution < 1.29 is 5.11 Å². The molecule has 2 fully saturated rings. The van der Waals surface area contributed by atoms with Crippen LogP contribution in [0.5, 0.6) is 0 Å². The molecule has 0 aliphatic carbocycles. The van der Waals surface area contributed by atoms with Gasteiger partial charge in [-0.25, -0.2) is 0 Å². The standard InChI is InChI=1S/C13H22N6O/c1-14-11-15-12(18(2)3)17-13(16-11)19-8-4-5-9(19)7-10(20)6-8/h8-10,20H,4-7H2,1-3H3,(H,14,15,16,17). The number of aliphatic hydroxyl groups is 1. The van der Waals surface area contributed by atoms with Crippen molar-refractivity contribution in [2.24, 2.45) is 0 Å². The van der Waals surface area contributed by atoms with E-state index < -0.39 is 0 Å². The van der Waals surface area contributed by atoms with E-state index in [1.54, 1.807) is 0 Å². The molecular weight excluding hydrogens is 256 g/mol. The lowest BCUT2D eigenvalue weighted by Crippen LogP contribution is -2.45. The molecule has 0 radical (unpaired) electrons. The zero-order valence-corrected chi connectivity index (χ0v) is 12.2. The van der Waals surface area contributed by atoms with Crippen molar-refractivity contribution in [1.29, 1.82) is 0 Å². The molecule has 0 aromatic carbocycles. The molecule has 2 N–H and O–H groups in total. The Morgan fingerprint density at radius 1 is 1.15 bits per heavy atom. The second-order valence-corrected chi connectivity index (χ2v) is 5.82. The SMILES string of the molecule is CNc1nc(N(C)C)nc(N2C3CCC2CC(O)C3)n1. The Balaban J connectivity index is 1.95. The summed E-state index contributed by atoms with van der Waals surface area (Å²) in [7, 11) is 5.66. The van der Waals surface area contributed by atoms with Crippen LogP contribution in [0.1, 0.15) is 25.7 Å². The Morgan fingerprint density at radius 3 is 2.35 bits per heavy atom. The molecule has 1 aromatic rings. The highest BCUT2D eigenvalue weighted by Gasteiger charge is 2.41. The third kappa shape index (κ3) is 2.26. The normalized spacial score (nSPS) is 28.6. The minimum atomic E-state index is -0.178. The average molecular weight is 278 g/mol. The Morgan fingerprint density at radius 2 is 1.80 bits per heavy atom. The van der Waals surface area contributed by atoms with Crippen LogP contribution in [0.25, 0.3) is 0 Å². The molecule has 7 nitrogen and oxygen atoms in total. The number of aromatic nitrogens is 3. The molecule has 2 atom stereocenters. The van der Waals surface area contributed by atoms with E-state index in [0.717, 1.165) is 31.6 Å². The number of fused-ring (bicyclic) bond motifs is 2. The second kappa shape index (κ2) is 5.05. The van der Waals surface area contributed by atoms with Crippen LogP contribution in [0.4, 0.5) is 17.8 Å². The van der Waals surface area contributed by atoms with Crippen molar-refractivity contribution in [2.45, 2.75) is 43.9 Å². The third-order valence-corrected chi connectivity index (χ3v) is 4.17. The summed E-state index contributed by atoms with van der Waals surface area (Å²) in [6.45, 7) is 0. The van der Waals surface area contributed by atoms with Gasteiger partial charge in [0, 0.05) is 33.2 Å². The maximum Gasteiger partial charge on any atom is 0.232 e. The molecule has 0 saturated carbocycles. The van der Waals surface area contributed by atoms with Gasteiger partial charge in [0.05, 0.1) is 6.10 Å². The first-order chi connectivity index (χ1) is 9.58. The largest absolute Gasteiger partial charge is 0.393 e. The summed E-state index contributed by atoms with van der Waals surface area (Å²) < 4.78 is 0. The molecule has 7 heteroatoms. The molecule has 0 spiro atoms. The monoisotopic (exact) mass is 278 g/mol. The summed E-state index contributed by atoms with van der Waals surface area (Å²) in [6.07, 6.45) is 3.67. The summed E-state index contributed by atoms with van der Waals surface area (Å²) in [5.74, 6) is 1.97. The van der Waals surface area contributed by atoms with Crippen LogP contribution >= 0.6 is 0 Å². The fourth-order valence-corrected chi connectivity index (χ4v) is 3.26. The molecule has 20 heavy (non-hydrogen) atoms. The Kier molecular flexibility index (Phi) is 3.37. The van der Waals surface area contributed by atoms with Crippen molar-refractivity contribution in [3.63, 3.8) is 0 Å². The second-order valence-electron chi connectivity index (χ2n) is 5.82. The number of anilines is 3. The number of rotatable bonds is 3. The van der Waals surface area contributed by atoms with E-state index in [-0.39, 0.29) is 6.10 Å². The van der Waals surface area contributed by atoms with Crippen molar-refractivity contribution in [3.05, 3.63) is 0 Å². The number of hydrogen-bond donors (Lipinski definition) is 2. The Labute approximate surface area is 119 Å². The molecule has 1 aromatic heterocycles. The lowest BCUT2D eigenvalue weighted by atomic mass is 10.0. The summed E-state index contributed by atoms with van der Waals surface area (Å²) in [5, 5.41) is 12.9. The zero-order chi connectivity index (χ0) is 14.3. The van der Waals surface area contributed by atoms with Crippen LogP contribution in [-0.2, 0) is 0 Å². The molecule has 2 aliphatic rings. The minimum Gasteiger partial charge on any atom is -0.393 e. The van der Waals surface area contributed by atoms with E-state index in [9.17, 15) is 5.11 Å². The van der Waals surface area contributed by atoms with Crippen LogP contribution in [-0.4, -0.2) is 59.4 Å². The van der Waals surface area contributed by atoms with Crippen molar-refractivity contribution >= 4 is 17.8 Å². The van der Waals surface area contributed by atoms with E-state index in [1.165, 1.54) is 0 Å². The lowest BCUT2D eigenvalue weighted by molar-refractivity contribution is 0.125. The fourth-order valence-electron chi connectivity index (χ4n) is 3.26. The van der Waals surface area contributed by atoms with Crippen molar-refractivity contribution in [1.82, 2.24) is 15.0 Å². The van der Waals surface area contributed by atoms with Crippen LogP contribution in [0.15, 0.2) is 0 Å². The topological polar surface area (TPSA) is 77.4 Å². The summed E-state index contributed by atoms with van der Waals surface area (Å²) in [4.78, 5) is 17.6. The minimum absolute atomic E-state index is 0.178. The van der Waals surface area contributed by atoms with Gasteiger partial charge in [0.25, 0.3) is 0 Å². The van der Waals surface area contributed by atoms with Crippen LogP contribution in [0, 0.1) is 0 Å². The summed E-state index contributed by atoms with van der Waals surface area (Å²) in [6, 6.07) is 0.705. The number of nitrogens with one attached hydrogen (secondary N) is 1. The summed E-state index contributed by atoms with van der Waals surface area (Å²) >= 11 is 0. The zero-order valence-electron chi connectivity index (χ0n) is 12.2. The first-order valence-electron chi connectivity index (χ1n) is 7.16. The maximum atomic E-state index is 9.90. The molecule has 2 saturated heterocycles. The number of hydrogen-bond acceptors (Lipinski definition) is 7. The van der Waals surface area contributed by atoms with Crippen molar-refractivity contribution in [3.8, 4) is 0 Å². The molecule has 110 valence electrons. The van der Waals surface area contributed by atoms with Gasteiger partial charge in [-0.3, -0.25) is 0 Å². The van der Waals surface area contributed by atoms with Crippen LogP contribution in [0.2, 0.25) is 0 Å². The summed E-state index contributed by atoms with van der Waals surface area (Å²) in [5.41, 5.74) is 0. The van der Waals surface area contributed by atoms with E-state index in [1.807, 2.05) is 26.0 Å². The van der Waals surface area contributed by atoms with Gasteiger partial charge < -0.3 is 20.2 Å². The molecule has 2 unspecified atom stereocenters. The van der Waals surface area contributed by atoms with Gasteiger partial charge in [0.15, 0.2) is 0 Å². The first-order valence-corrected chi connectivity index (χ1v) is 7.16. The highest BCUT2D eigenvalue weighted by Crippen LogP contribution is 2.38. The lowest BCUT2D eigenvalue weighted by Gasteiger charge is -2.37. The predicted octanol–water partition coefficient (Wildman–Crippen LogP) is 0.471. The van der Waals surface area contributed by atoms with Gasteiger partial charge >= 0.3 is 0 Å². The van der Waals surface area contributed by atoms with Crippen molar-refractivity contribution in [2.75, 3.05) is 36.3 Å². The predicted molar refractivity (Wildman–Crippen MR) is 78.2 cm³/mol. The highest BCUT2D eigenvalue weighted by molar-refractivity contribution is 5.47. The molecule has 0 amide bonds. The molecule has 3 heterocycles. The van der Waals surface area contributed by atoms with E-state index in [0.29, 0.717) is 24.0 Å². The van der Waals surface area contributed by atoms with E-state index in [2.05, 4.69) is 25.2 Å². The maximum absolute atomic E-state index is 9.90. The Bertz CT molecular complexity index is 480. The van der Waals surface area contributed by atoms with Gasteiger partial charge in [-0.15, -0.1) is 0 Å². The molecule has 2 bridgehead atoms. The van der Waals surface area contributed by atoms with Gasteiger partial charge in [0.1, 0.15) is 0 Å². The van der Waals surface area contributed by atoms with Gasteiger partial charge in [-0.2, -0.15) is 15.0 Å². The van der Waals surface area contributed by atoms with E-state index in [4.69, 9.17) is 0 Å². The molecule has 2 aliphatic heterocycles. The number of nitrogens with zero attached hydrogens (tertiary/aromatic N) is 5. The fraction of sp³-hybridized carbons (Fsp3) is 0.769. The van der Waals surface area contributed by atoms with Crippen LogP contribution in [0.3, 0.4) is 0 Å². The van der Waals surface area contributed by atoms with Gasteiger partial charge in [0.2, 0.25) is 17.8 Å². The van der Waals surface area contributed by atoms with Gasteiger partial charge in [-0.05, 0) is 25.7 Å². The van der Waals surface area contributed by atoms with E-state index >= 15 is 0 Å². The van der Waals surface area contributed by atoms with Gasteiger partial charge in [-0.1, -0.05) is 0 Å². The van der Waals surface area contributed by atoms with Crippen LogP contribution < -0.4 is 15.1 Å². The highest BCUT2D eigenvalue weighted by atomic mass is 16.3. The Hall–Kier alpha value is -1.63. The molecular formula is C13H22N6O. The first kappa shape index (κ1) is 13.4. The number of piperidine rings is 1. The quantitative estimate of drug-likeness (QED) is 0.832. The smallest absolute Gasteiger partial charge is 0.232 e.